The number of Topliss-reactive ketones (excluding diaryl/α,β-unsaturated/α-hetero) is 2. The number of carbonyl (C=O) groups excluding carboxylic acids is 4. The molecule has 7 N–H and O–H groups in total. The van der Waals surface area contributed by atoms with Crippen LogP contribution in [0.3, 0.4) is 0 Å². The number of likely N-dealkylation sites (N-methyl/N-ethyl adjacent to an activating group) is 1. The van der Waals surface area contributed by atoms with Gasteiger partial charge in [0.1, 0.15) is 17.1 Å². The van der Waals surface area contributed by atoms with Gasteiger partial charge in [-0.3, -0.25) is 29.1 Å². The molecule has 12 heteroatoms. The molecule has 4 atom stereocenters. The zero-order valence-electron chi connectivity index (χ0n) is 21.9. The first-order chi connectivity index (χ1) is 18.8. The summed E-state index contributed by atoms with van der Waals surface area (Å²) in [4.78, 5) is 57.3. The molecule has 2 aromatic rings. The van der Waals surface area contributed by atoms with Crippen molar-refractivity contribution < 1.29 is 39.6 Å². The van der Waals surface area contributed by atoms with Gasteiger partial charge in [-0.25, -0.2) is 0 Å². The summed E-state index contributed by atoms with van der Waals surface area (Å²) in [5.74, 6) is -7.98. The average Bonchev–Trinajstić information content (AvgIpc) is 2.87. The molecule has 0 aliphatic heterocycles. The van der Waals surface area contributed by atoms with Crippen LogP contribution in [0, 0.1) is 11.8 Å². The predicted molar refractivity (Wildman–Crippen MR) is 141 cm³/mol. The topological polar surface area (TPSA) is 203 Å². The molecule has 0 saturated heterocycles. The summed E-state index contributed by atoms with van der Waals surface area (Å²) in [6, 6.07) is 5.57. The third-order valence-electron chi connectivity index (χ3n) is 7.97. The molecule has 0 radical (unpaired) electrons. The van der Waals surface area contributed by atoms with Gasteiger partial charge in [-0.15, -0.1) is 0 Å². The minimum absolute atomic E-state index is 0.0401. The number of allylic oxidation sites excluding steroid dienone is 1. The number of nitrogens with zero attached hydrogens (tertiary/aromatic N) is 2. The van der Waals surface area contributed by atoms with Gasteiger partial charge in [-0.05, 0) is 56.6 Å². The number of phenolic OH excluding ortho intramolecular Hbond substituents is 1. The highest BCUT2D eigenvalue weighted by molar-refractivity contribution is 6.25. The van der Waals surface area contributed by atoms with E-state index in [9.17, 15) is 39.6 Å². The van der Waals surface area contributed by atoms with E-state index in [4.69, 9.17) is 5.73 Å². The number of carbonyl (C=O) groups is 4. The molecular formula is C28H28N4O8. The largest absolute Gasteiger partial charge is 0.510 e. The Labute approximate surface area is 228 Å². The second-order valence-corrected chi connectivity index (χ2v) is 10.5. The molecule has 40 heavy (non-hydrogen) atoms. The third kappa shape index (κ3) is 3.71. The molecule has 1 heterocycles. The molecule has 208 valence electrons. The second kappa shape index (κ2) is 9.28. The van der Waals surface area contributed by atoms with Crippen molar-refractivity contribution in [3.63, 3.8) is 0 Å². The van der Waals surface area contributed by atoms with Gasteiger partial charge >= 0.3 is 0 Å². The molecular weight excluding hydrogens is 520 g/mol. The van der Waals surface area contributed by atoms with Gasteiger partial charge in [-0.1, -0.05) is 6.07 Å². The summed E-state index contributed by atoms with van der Waals surface area (Å²) in [5.41, 5.74) is 2.53. The van der Waals surface area contributed by atoms with E-state index in [2.05, 4.69) is 10.3 Å². The molecule has 12 nitrogen and oxygen atoms in total. The van der Waals surface area contributed by atoms with Crippen LogP contribution in [0.25, 0.3) is 11.3 Å². The number of fused-ring (bicyclic) bond motifs is 3. The van der Waals surface area contributed by atoms with E-state index < -0.39 is 69.7 Å². The number of rotatable bonds is 4. The molecule has 1 aromatic carbocycles. The van der Waals surface area contributed by atoms with Crippen molar-refractivity contribution in [3.05, 3.63) is 64.3 Å². The Balaban J connectivity index is 1.77. The van der Waals surface area contributed by atoms with Crippen LogP contribution in [0.4, 0.5) is 5.69 Å². The fourth-order valence-electron chi connectivity index (χ4n) is 6.35. The van der Waals surface area contributed by atoms with Gasteiger partial charge < -0.3 is 31.5 Å². The number of primary amides is 1. The average molecular weight is 549 g/mol. The molecule has 3 aliphatic carbocycles. The van der Waals surface area contributed by atoms with Crippen molar-refractivity contribution >= 4 is 29.1 Å². The maximum Gasteiger partial charge on any atom is 0.255 e. The fraction of sp³-hybridized carbons (Fsp3) is 0.321. The summed E-state index contributed by atoms with van der Waals surface area (Å²) in [6.07, 6.45) is 1.60. The summed E-state index contributed by atoms with van der Waals surface area (Å²) >= 11 is 0. The Morgan fingerprint density at radius 1 is 1.18 bits per heavy atom. The number of nitrogens with two attached hydrogens (primary N) is 1. The number of hydrogen-bond acceptors (Lipinski definition) is 10. The number of aliphatic hydroxyl groups is 3. The summed E-state index contributed by atoms with van der Waals surface area (Å²) in [5, 5.41) is 47.7. The molecule has 1 aromatic heterocycles. The van der Waals surface area contributed by atoms with E-state index in [0.717, 1.165) is 0 Å². The highest BCUT2D eigenvalue weighted by Gasteiger charge is 2.63. The molecule has 5 rings (SSSR count). The Bertz CT molecular complexity index is 1560. The zero-order chi connectivity index (χ0) is 29.3. The quantitative estimate of drug-likeness (QED) is 0.237. The van der Waals surface area contributed by atoms with E-state index in [1.54, 1.807) is 38.5 Å². The Morgan fingerprint density at radius 2 is 1.88 bits per heavy atom. The Morgan fingerprint density at radius 3 is 2.45 bits per heavy atom. The van der Waals surface area contributed by atoms with Crippen LogP contribution < -0.4 is 11.1 Å². The number of aliphatic hydroxyl groups excluding tert-OH is 2. The van der Waals surface area contributed by atoms with Crippen molar-refractivity contribution in [1.29, 1.82) is 0 Å². The van der Waals surface area contributed by atoms with Crippen molar-refractivity contribution in [2.75, 3.05) is 19.4 Å². The van der Waals surface area contributed by atoms with Gasteiger partial charge in [0.15, 0.2) is 17.1 Å². The SMILES string of the molecule is CC(=O)Nc1cc(-c2ccccn2)c2c(c1O)C(=O)C1=C(O)[C@]3(O)C(=O)C(C(N)=O)=C(O)[C@@H](N(C)C)[C@@H]3C[C@@H]1C2. The lowest BCUT2D eigenvalue weighted by atomic mass is 9.58. The molecule has 0 spiro atoms. The number of aromatic hydroxyl groups is 1. The second-order valence-electron chi connectivity index (χ2n) is 10.5. The maximum absolute atomic E-state index is 14.0. The highest BCUT2D eigenvalue weighted by Crippen LogP contribution is 2.53. The number of pyridine rings is 1. The van der Waals surface area contributed by atoms with Crippen LogP contribution in [0.15, 0.2) is 53.1 Å². The number of nitrogens with one attached hydrogen (secondary N) is 1. The lowest BCUT2D eigenvalue weighted by Gasteiger charge is -2.50. The minimum Gasteiger partial charge on any atom is -0.510 e. The minimum atomic E-state index is -2.74. The van der Waals surface area contributed by atoms with Gasteiger partial charge in [0.05, 0.1) is 23.0 Å². The first kappa shape index (κ1) is 27.0. The Kier molecular flexibility index (Phi) is 6.27. The molecule has 3 aliphatic rings. The van der Waals surface area contributed by atoms with Gasteiger partial charge in [0, 0.05) is 30.2 Å². The van der Waals surface area contributed by atoms with E-state index >= 15 is 0 Å². The van der Waals surface area contributed by atoms with E-state index in [1.165, 1.54) is 17.9 Å². The van der Waals surface area contributed by atoms with E-state index in [-0.39, 0.29) is 29.7 Å². The standard InChI is InChI=1S/C28H28N4O8/c1-11(33)31-17-10-13(16-6-4-5-7-30-16)14-8-12-9-15-21(32(2)3)24(36)20(27(29)39)26(38)28(15,40)25(37)18(12)23(35)19(14)22(17)34/h4-7,10,12,15,21,34,36-37,40H,8-9H2,1-3H3,(H2,29,39)(H,31,33)/t12-,15-,21-,28-/m0/s1. The highest BCUT2D eigenvalue weighted by atomic mass is 16.3. The van der Waals surface area contributed by atoms with Crippen LogP contribution in [-0.4, -0.2) is 79.4 Å². The number of aromatic nitrogens is 1. The first-order valence-electron chi connectivity index (χ1n) is 12.5. The number of benzene rings is 1. The Hall–Kier alpha value is -4.55. The molecule has 2 amide bonds. The molecule has 0 fully saturated rings. The first-order valence-corrected chi connectivity index (χ1v) is 12.5. The van der Waals surface area contributed by atoms with E-state index in [0.29, 0.717) is 16.8 Å². The van der Waals surface area contributed by atoms with Crippen molar-refractivity contribution in [2.45, 2.75) is 31.4 Å². The predicted octanol–water partition coefficient (Wildman–Crippen LogP) is 1.14. The van der Waals surface area contributed by atoms with Crippen LogP contribution in [0.2, 0.25) is 0 Å². The monoisotopic (exact) mass is 548 g/mol. The number of ketones is 2. The summed E-state index contributed by atoms with van der Waals surface area (Å²) < 4.78 is 0. The molecule has 0 saturated carbocycles. The molecule has 0 unspecified atom stereocenters. The lowest BCUT2D eigenvalue weighted by Crippen LogP contribution is -2.63. The number of anilines is 1. The number of amides is 2. The fourth-order valence-corrected chi connectivity index (χ4v) is 6.35. The van der Waals surface area contributed by atoms with Crippen LogP contribution in [-0.2, 0) is 20.8 Å². The maximum atomic E-state index is 14.0. The number of phenols is 1. The van der Waals surface area contributed by atoms with Crippen LogP contribution in [0.1, 0.15) is 29.3 Å². The third-order valence-corrected chi connectivity index (χ3v) is 7.97. The number of hydrogen-bond donors (Lipinski definition) is 6. The van der Waals surface area contributed by atoms with Crippen molar-refractivity contribution in [2.24, 2.45) is 17.6 Å². The van der Waals surface area contributed by atoms with Crippen molar-refractivity contribution in [1.82, 2.24) is 9.88 Å². The zero-order valence-corrected chi connectivity index (χ0v) is 21.9. The normalized spacial score (nSPS) is 25.9. The van der Waals surface area contributed by atoms with Gasteiger partial charge in [-0.2, -0.15) is 0 Å². The van der Waals surface area contributed by atoms with Gasteiger partial charge in [0.25, 0.3) is 5.91 Å². The van der Waals surface area contributed by atoms with E-state index in [1.807, 2.05) is 0 Å². The summed E-state index contributed by atoms with van der Waals surface area (Å²) in [6.45, 7) is 1.23. The van der Waals surface area contributed by atoms with Crippen molar-refractivity contribution in [3.8, 4) is 17.0 Å². The smallest absolute Gasteiger partial charge is 0.255 e. The lowest BCUT2D eigenvalue weighted by molar-refractivity contribution is -0.148. The van der Waals surface area contributed by atoms with Gasteiger partial charge in [0.2, 0.25) is 11.7 Å². The van der Waals surface area contributed by atoms with Crippen LogP contribution in [0.5, 0.6) is 5.75 Å². The molecule has 0 bridgehead atoms. The van der Waals surface area contributed by atoms with Crippen LogP contribution >= 0.6 is 0 Å². The summed E-state index contributed by atoms with van der Waals surface area (Å²) in [7, 11) is 3.13.